The minimum Gasteiger partial charge on any atom is -0.495 e. The molecule has 28 heavy (non-hydrogen) atoms. The van der Waals surface area contributed by atoms with E-state index in [0.29, 0.717) is 37.4 Å². The van der Waals surface area contributed by atoms with E-state index >= 15 is 0 Å². The summed E-state index contributed by atoms with van der Waals surface area (Å²) in [6, 6.07) is 12.2. The summed E-state index contributed by atoms with van der Waals surface area (Å²) in [6.07, 6.45) is 0.964. The maximum absolute atomic E-state index is 12.9. The van der Waals surface area contributed by atoms with Crippen molar-refractivity contribution in [2.45, 2.75) is 24.7 Å². The molecule has 2 aromatic rings. The van der Waals surface area contributed by atoms with Gasteiger partial charge in [0.05, 0.1) is 17.7 Å². The number of anilines is 1. The van der Waals surface area contributed by atoms with Gasteiger partial charge in [-0.1, -0.05) is 28.1 Å². The number of hydrogen-bond donors (Lipinski definition) is 1. The van der Waals surface area contributed by atoms with Gasteiger partial charge in [-0.05, 0) is 55.7 Å². The number of methoxy groups -OCH3 is 1. The minimum atomic E-state index is -3.56. The van der Waals surface area contributed by atoms with Crippen molar-refractivity contribution in [1.82, 2.24) is 4.31 Å². The normalized spacial score (nSPS) is 16.0. The van der Waals surface area contributed by atoms with Crippen molar-refractivity contribution in [2.24, 2.45) is 5.92 Å². The quantitative estimate of drug-likeness (QED) is 0.726. The monoisotopic (exact) mass is 466 g/mol. The molecule has 6 nitrogen and oxygen atoms in total. The molecule has 1 saturated heterocycles. The van der Waals surface area contributed by atoms with Gasteiger partial charge in [-0.25, -0.2) is 8.42 Å². The van der Waals surface area contributed by atoms with Crippen LogP contribution in [0.4, 0.5) is 5.69 Å². The lowest BCUT2D eigenvalue weighted by Gasteiger charge is -2.30. The molecule has 2 aromatic carbocycles. The zero-order valence-electron chi connectivity index (χ0n) is 15.8. The second-order valence-corrected chi connectivity index (χ2v) is 9.57. The zero-order valence-corrected chi connectivity index (χ0v) is 18.2. The molecule has 0 aliphatic carbocycles. The Morgan fingerprint density at radius 3 is 2.50 bits per heavy atom. The number of ether oxygens (including phenoxy) is 1. The predicted octanol–water partition coefficient (Wildman–Crippen LogP) is 3.81. The summed E-state index contributed by atoms with van der Waals surface area (Å²) in [5.74, 6) is 0.255. The third kappa shape index (κ3) is 4.39. The molecule has 1 N–H and O–H groups in total. The van der Waals surface area contributed by atoms with Crippen LogP contribution in [-0.2, 0) is 14.8 Å². The lowest BCUT2D eigenvalue weighted by molar-refractivity contribution is -0.120. The highest BCUT2D eigenvalue weighted by Crippen LogP contribution is 2.28. The molecule has 3 rings (SSSR count). The molecular weight excluding hydrogens is 444 g/mol. The Morgan fingerprint density at radius 1 is 1.18 bits per heavy atom. The van der Waals surface area contributed by atoms with E-state index in [1.54, 1.807) is 37.4 Å². The van der Waals surface area contributed by atoms with Crippen molar-refractivity contribution < 1.29 is 17.9 Å². The van der Waals surface area contributed by atoms with Gasteiger partial charge in [0.2, 0.25) is 15.9 Å². The van der Waals surface area contributed by atoms with Gasteiger partial charge in [0, 0.05) is 23.5 Å². The molecule has 1 aliphatic heterocycles. The van der Waals surface area contributed by atoms with Crippen molar-refractivity contribution >= 4 is 37.5 Å². The first-order valence-electron chi connectivity index (χ1n) is 9.03. The summed E-state index contributed by atoms with van der Waals surface area (Å²) >= 11 is 3.39. The molecule has 1 aliphatic rings. The van der Waals surface area contributed by atoms with Crippen LogP contribution >= 0.6 is 15.9 Å². The van der Waals surface area contributed by atoms with Gasteiger partial charge in [0.15, 0.2) is 0 Å². The Balaban J connectivity index is 1.65. The fourth-order valence-corrected chi connectivity index (χ4v) is 5.07. The Morgan fingerprint density at radius 2 is 1.86 bits per heavy atom. The Hall–Kier alpha value is -1.90. The van der Waals surface area contributed by atoms with E-state index < -0.39 is 10.0 Å². The first-order valence-corrected chi connectivity index (χ1v) is 11.3. The SMILES string of the molecule is COc1ccccc1NC(=O)C1CCN(S(=O)(=O)c2ccc(Br)c(C)c2)CC1. The number of rotatable bonds is 5. The van der Waals surface area contributed by atoms with Gasteiger partial charge in [-0.3, -0.25) is 4.79 Å². The lowest BCUT2D eigenvalue weighted by Crippen LogP contribution is -2.41. The van der Waals surface area contributed by atoms with Crippen LogP contribution < -0.4 is 10.1 Å². The van der Waals surface area contributed by atoms with Crippen molar-refractivity contribution in [2.75, 3.05) is 25.5 Å². The highest BCUT2D eigenvalue weighted by atomic mass is 79.9. The van der Waals surface area contributed by atoms with Gasteiger partial charge < -0.3 is 10.1 Å². The molecule has 0 radical (unpaired) electrons. The van der Waals surface area contributed by atoms with Crippen LogP contribution in [0, 0.1) is 12.8 Å². The molecule has 1 amide bonds. The number of para-hydroxylation sites is 2. The lowest BCUT2D eigenvalue weighted by atomic mass is 9.97. The van der Waals surface area contributed by atoms with E-state index in [2.05, 4.69) is 21.2 Å². The van der Waals surface area contributed by atoms with Crippen LogP contribution in [-0.4, -0.2) is 38.8 Å². The van der Waals surface area contributed by atoms with Crippen molar-refractivity contribution in [3.8, 4) is 5.75 Å². The number of nitrogens with zero attached hydrogens (tertiary/aromatic N) is 1. The molecule has 0 saturated carbocycles. The van der Waals surface area contributed by atoms with Gasteiger partial charge in [0.25, 0.3) is 0 Å². The van der Waals surface area contributed by atoms with E-state index in [1.165, 1.54) is 4.31 Å². The van der Waals surface area contributed by atoms with Crippen LogP contribution in [0.5, 0.6) is 5.75 Å². The Bertz CT molecular complexity index is 970. The molecule has 8 heteroatoms. The number of hydrogen-bond acceptors (Lipinski definition) is 4. The number of aryl methyl sites for hydroxylation is 1. The number of nitrogens with one attached hydrogen (secondary N) is 1. The smallest absolute Gasteiger partial charge is 0.243 e. The molecule has 1 fully saturated rings. The summed E-state index contributed by atoms with van der Waals surface area (Å²) in [4.78, 5) is 12.9. The number of sulfonamides is 1. The van der Waals surface area contributed by atoms with Crippen LogP contribution in [0.25, 0.3) is 0 Å². The average Bonchev–Trinajstić information content (AvgIpc) is 2.70. The summed E-state index contributed by atoms with van der Waals surface area (Å²) in [5, 5.41) is 2.89. The first-order chi connectivity index (χ1) is 13.3. The predicted molar refractivity (Wildman–Crippen MR) is 112 cm³/mol. The zero-order chi connectivity index (χ0) is 20.3. The highest BCUT2D eigenvalue weighted by Gasteiger charge is 2.32. The van der Waals surface area contributed by atoms with Gasteiger partial charge in [-0.15, -0.1) is 0 Å². The average molecular weight is 467 g/mol. The Kier molecular flexibility index (Phi) is 6.42. The van der Waals surface area contributed by atoms with E-state index in [-0.39, 0.29) is 16.7 Å². The van der Waals surface area contributed by atoms with E-state index in [9.17, 15) is 13.2 Å². The molecule has 0 aromatic heterocycles. The molecule has 0 bridgehead atoms. The number of amides is 1. The number of halogens is 1. The summed E-state index contributed by atoms with van der Waals surface area (Å²) < 4.78 is 33.4. The maximum atomic E-state index is 12.9. The highest BCUT2D eigenvalue weighted by molar-refractivity contribution is 9.10. The first kappa shape index (κ1) is 20.8. The van der Waals surface area contributed by atoms with Crippen LogP contribution in [0.15, 0.2) is 51.8 Å². The minimum absolute atomic E-state index is 0.110. The summed E-state index contributed by atoms with van der Waals surface area (Å²) in [6.45, 7) is 2.50. The van der Waals surface area contributed by atoms with Crippen molar-refractivity contribution in [3.05, 3.63) is 52.5 Å². The topological polar surface area (TPSA) is 75.7 Å². The summed E-state index contributed by atoms with van der Waals surface area (Å²) in [7, 11) is -2.01. The van der Waals surface area contributed by atoms with E-state index in [4.69, 9.17) is 4.74 Å². The van der Waals surface area contributed by atoms with Gasteiger partial charge in [0.1, 0.15) is 5.75 Å². The molecule has 1 heterocycles. The van der Waals surface area contributed by atoms with Gasteiger partial charge >= 0.3 is 0 Å². The molecule has 0 unspecified atom stereocenters. The Labute approximate surface area is 174 Å². The van der Waals surface area contributed by atoms with Crippen LogP contribution in [0.2, 0.25) is 0 Å². The van der Waals surface area contributed by atoms with Crippen molar-refractivity contribution in [1.29, 1.82) is 0 Å². The molecule has 0 spiro atoms. The van der Waals surface area contributed by atoms with Crippen LogP contribution in [0.1, 0.15) is 18.4 Å². The fraction of sp³-hybridized carbons (Fsp3) is 0.350. The van der Waals surface area contributed by atoms with E-state index in [0.717, 1.165) is 10.0 Å². The largest absolute Gasteiger partial charge is 0.495 e. The number of carbonyl (C=O) groups is 1. The second kappa shape index (κ2) is 8.63. The second-order valence-electron chi connectivity index (χ2n) is 6.78. The molecule has 0 atom stereocenters. The number of benzene rings is 2. The molecule has 150 valence electrons. The molecular formula is C20H23BrN2O4S. The van der Waals surface area contributed by atoms with E-state index in [1.807, 2.05) is 19.1 Å². The third-order valence-corrected chi connectivity index (χ3v) is 7.74. The third-order valence-electron chi connectivity index (χ3n) is 4.96. The van der Waals surface area contributed by atoms with Crippen LogP contribution in [0.3, 0.4) is 0 Å². The maximum Gasteiger partial charge on any atom is 0.243 e. The standard InChI is InChI=1S/C20H23BrN2O4S/c1-14-13-16(7-8-17(14)21)28(25,26)23-11-9-15(10-12-23)20(24)22-18-5-3-4-6-19(18)27-2/h3-8,13,15H,9-12H2,1-2H3,(H,22,24). The number of piperidine rings is 1. The van der Waals surface area contributed by atoms with Crippen molar-refractivity contribution in [3.63, 3.8) is 0 Å². The van der Waals surface area contributed by atoms with Gasteiger partial charge in [-0.2, -0.15) is 4.31 Å². The number of carbonyl (C=O) groups excluding carboxylic acids is 1. The fourth-order valence-electron chi connectivity index (χ4n) is 3.27. The summed E-state index contributed by atoms with van der Waals surface area (Å²) in [5.41, 5.74) is 1.49.